The van der Waals surface area contributed by atoms with Gasteiger partial charge in [-0.3, -0.25) is 4.57 Å². The summed E-state index contributed by atoms with van der Waals surface area (Å²) in [5.74, 6) is -0.599. The zero-order valence-corrected chi connectivity index (χ0v) is 22.2. The lowest BCUT2D eigenvalue weighted by Crippen LogP contribution is -2.36. The fourth-order valence-corrected chi connectivity index (χ4v) is 5.74. The molecule has 0 saturated carbocycles. The zero-order valence-electron chi connectivity index (χ0n) is 21.4. The van der Waals surface area contributed by atoms with E-state index in [1.165, 1.54) is 17.2 Å². The number of benzene rings is 1. The van der Waals surface area contributed by atoms with E-state index in [1.807, 2.05) is 24.3 Å². The Hall–Kier alpha value is -3.33. The number of amides is 2. The first-order chi connectivity index (χ1) is 17.9. The third kappa shape index (κ3) is 6.20. The number of aliphatic hydroxyl groups excluding tert-OH is 2. The summed E-state index contributed by atoms with van der Waals surface area (Å²) in [7, 11) is -3.68. The Morgan fingerprint density at radius 2 is 1.84 bits per heavy atom. The molecule has 0 spiro atoms. The number of rotatable bonds is 8. The van der Waals surface area contributed by atoms with Crippen molar-refractivity contribution in [2.24, 2.45) is 0 Å². The number of anilines is 2. The van der Waals surface area contributed by atoms with Crippen molar-refractivity contribution >= 4 is 38.5 Å². The van der Waals surface area contributed by atoms with Gasteiger partial charge in [-0.15, -0.1) is 0 Å². The van der Waals surface area contributed by atoms with Gasteiger partial charge in [0.2, 0.25) is 0 Å². The van der Waals surface area contributed by atoms with E-state index < -0.39 is 46.2 Å². The monoisotopic (exact) mass is 547 g/mol. The second kappa shape index (κ2) is 10.8. The first-order valence-corrected chi connectivity index (χ1v) is 14.0. The maximum absolute atomic E-state index is 12.7. The number of nitrogens with two attached hydrogens (primary N) is 1. The molecule has 1 fully saturated rings. The van der Waals surface area contributed by atoms with Crippen molar-refractivity contribution < 1.29 is 28.2 Å². The zero-order chi connectivity index (χ0) is 27.7. The van der Waals surface area contributed by atoms with Crippen molar-refractivity contribution in [1.82, 2.24) is 24.8 Å². The van der Waals surface area contributed by atoms with Gasteiger partial charge < -0.3 is 31.3 Å². The highest BCUT2D eigenvalue weighted by Gasteiger charge is 2.45. The van der Waals surface area contributed by atoms with Crippen molar-refractivity contribution in [3.63, 3.8) is 0 Å². The Morgan fingerprint density at radius 3 is 2.53 bits per heavy atom. The van der Waals surface area contributed by atoms with Gasteiger partial charge in [-0.1, -0.05) is 32.9 Å². The number of nitrogens with zero attached hydrogens (tertiary/aromatic N) is 4. The molecule has 13 nitrogen and oxygen atoms in total. The second-order valence-electron chi connectivity index (χ2n) is 10.3. The molecule has 1 aliphatic rings. The van der Waals surface area contributed by atoms with Gasteiger partial charge in [-0.2, -0.15) is 0 Å². The van der Waals surface area contributed by atoms with Crippen LogP contribution < -0.4 is 16.4 Å². The number of fused-ring (bicyclic) bond motifs is 1. The lowest BCUT2D eigenvalue weighted by atomic mass is 9.87. The number of urea groups is 1. The maximum atomic E-state index is 12.7. The summed E-state index contributed by atoms with van der Waals surface area (Å²) in [6, 6.07) is 7.08. The number of nitrogens with one attached hydrogen (secondary N) is 2. The minimum atomic E-state index is -3.68. The third-order valence-electron chi connectivity index (χ3n) is 6.34. The van der Waals surface area contributed by atoms with E-state index in [-0.39, 0.29) is 35.6 Å². The van der Waals surface area contributed by atoms with Crippen molar-refractivity contribution in [3.8, 4) is 0 Å². The number of hydrogen-bond donors (Lipinski definition) is 5. The quantitative estimate of drug-likeness (QED) is 0.253. The van der Waals surface area contributed by atoms with E-state index in [4.69, 9.17) is 10.5 Å². The molecule has 0 radical (unpaired) electrons. The lowest BCUT2D eigenvalue weighted by molar-refractivity contribution is -0.0292. The highest BCUT2D eigenvalue weighted by Crippen LogP contribution is 2.32. The molecule has 2 amide bonds. The number of hydrogen-bond acceptors (Lipinski definition) is 10. The molecule has 1 saturated heterocycles. The Labute approximate surface area is 220 Å². The topological polar surface area (TPSA) is 195 Å². The first-order valence-electron chi connectivity index (χ1n) is 12.2. The molecular formula is C24H33N7O6S. The molecule has 1 aliphatic heterocycles. The van der Waals surface area contributed by atoms with Crippen LogP contribution in [0.25, 0.3) is 11.2 Å². The maximum Gasteiger partial charge on any atom is 0.319 e. The van der Waals surface area contributed by atoms with E-state index in [9.17, 15) is 23.4 Å². The molecule has 4 atom stereocenters. The van der Waals surface area contributed by atoms with Crippen LogP contribution in [0.4, 0.5) is 16.3 Å². The molecule has 4 rings (SSSR count). The summed E-state index contributed by atoms with van der Waals surface area (Å²) in [6.45, 7) is 6.43. The van der Waals surface area contributed by atoms with Crippen LogP contribution in [0.3, 0.4) is 0 Å². The van der Waals surface area contributed by atoms with E-state index in [0.29, 0.717) is 11.2 Å². The number of ether oxygens (including phenoxy) is 1. The van der Waals surface area contributed by atoms with Crippen molar-refractivity contribution in [3.05, 3.63) is 42.5 Å². The third-order valence-corrected chi connectivity index (χ3v) is 8.09. The summed E-state index contributed by atoms with van der Waals surface area (Å²) < 4.78 is 32.5. The van der Waals surface area contributed by atoms with Gasteiger partial charge in [0, 0.05) is 12.2 Å². The molecule has 3 aromatic rings. The molecule has 0 bridgehead atoms. The minimum absolute atomic E-state index is 0.00218. The molecule has 0 aliphatic carbocycles. The number of nitrogen functional groups attached to an aromatic ring is 1. The number of aromatic nitrogens is 4. The molecule has 3 heterocycles. The highest BCUT2D eigenvalue weighted by molar-refractivity contribution is 7.91. The van der Waals surface area contributed by atoms with Crippen LogP contribution >= 0.6 is 0 Å². The number of carbonyl (C=O) groups is 1. The number of carbonyl (C=O) groups excluding carboxylic acids is 1. The Morgan fingerprint density at radius 1 is 1.13 bits per heavy atom. The molecule has 38 heavy (non-hydrogen) atoms. The fourth-order valence-electron chi connectivity index (χ4n) is 4.21. The molecule has 2 aromatic heterocycles. The van der Waals surface area contributed by atoms with E-state index in [1.54, 1.807) is 0 Å². The van der Waals surface area contributed by atoms with Crippen LogP contribution in [0, 0.1) is 0 Å². The molecule has 206 valence electrons. The van der Waals surface area contributed by atoms with Gasteiger partial charge in [0.1, 0.15) is 30.2 Å². The summed E-state index contributed by atoms with van der Waals surface area (Å²) in [4.78, 5) is 24.2. The Kier molecular flexibility index (Phi) is 7.88. The van der Waals surface area contributed by atoms with Crippen LogP contribution in [0.15, 0.2) is 36.9 Å². The SMILES string of the molecule is CC(C)(C)c1ccc(NC(=O)NCCCS(=O)(=O)CC2OC(n3cnc4c(N)ncnc43)C(O)C2O)cc1. The van der Waals surface area contributed by atoms with Crippen LogP contribution in [0.2, 0.25) is 0 Å². The minimum Gasteiger partial charge on any atom is -0.387 e. The van der Waals surface area contributed by atoms with Gasteiger partial charge in [0.05, 0.1) is 17.8 Å². The standard InChI is InChI=1S/C24H33N7O6S/c1-24(2,3)14-5-7-15(8-6-14)30-23(34)26-9-4-10-38(35,36)11-16-18(32)19(33)22(37-16)31-13-29-17-20(25)27-12-28-21(17)31/h5-8,12-13,16,18-19,22,32-33H,4,9-11H2,1-3H3,(H2,25,27,28)(H2,26,30,34). The molecule has 14 heteroatoms. The summed E-state index contributed by atoms with van der Waals surface area (Å²) in [5.41, 5.74) is 8.14. The van der Waals surface area contributed by atoms with Crippen LogP contribution in [-0.2, 0) is 20.0 Å². The van der Waals surface area contributed by atoms with Crippen LogP contribution in [0.1, 0.15) is 39.0 Å². The first kappa shape index (κ1) is 27.7. The van der Waals surface area contributed by atoms with Crippen LogP contribution in [0.5, 0.6) is 0 Å². The van der Waals surface area contributed by atoms with E-state index >= 15 is 0 Å². The van der Waals surface area contributed by atoms with Crippen molar-refractivity contribution in [2.45, 2.75) is 57.1 Å². The highest BCUT2D eigenvalue weighted by atomic mass is 32.2. The molecular weight excluding hydrogens is 514 g/mol. The number of sulfone groups is 1. The normalized spacial score (nSPS) is 22.0. The van der Waals surface area contributed by atoms with Crippen molar-refractivity contribution in [2.75, 3.05) is 29.1 Å². The summed E-state index contributed by atoms with van der Waals surface area (Å²) >= 11 is 0. The lowest BCUT2D eigenvalue weighted by Gasteiger charge is -2.19. The molecule has 6 N–H and O–H groups in total. The van der Waals surface area contributed by atoms with Gasteiger partial charge >= 0.3 is 6.03 Å². The second-order valence-corrected chi connectivity index (χ2v) is 12.5. The molecule has 4 unspecified atom stereocenters. The predicted octanol–water partition coefficient (Wildman–Crippen LogP) is 0.952. The van der Waals surface area contributed by atoms with Gasteiger partial charge in [-0.25, -0.2) is 28.2 Å². The Balaban J connectivity index is 1.26. The van der Waals surface area contributed by atoms with E-state index in [0.717, 1.165) is 5.56 Å². The number of imidazole rings is 1. The smallest absolute Gasteiger partial charge is 0.319 e. The van der Waals surface area contributed by atoms with Crippen LogP contribution in [-0.4, -0.2) is 80.5 Å². The van der Waals surface area contributed by atoms with Gasteiger partial charge in [0.15, 0.2) is 27.5 Å². The summed E-state index contributed by atoms with van der Waals surface area (Å²) in [6.07, 6.45) is -2.39. The average Bonchev–Trinajstić information content (AvgIpc) is 3.39. The van der Waals surface area contributed by atoms with Gasteiger partial charge in [-0.05, 0) is 29.5 Å². The fraction of sp³-hybridized carbons (Fsp3) is 0.500. The van der Waals surface area contributed by atoms with Gasteiger partial charge in [0.25, 0.3) is 0 Å². The van der Waals surface area contributed by atoms with Crippen molar-refractivity contribution in [1.29, 1.82) is 0 Å². The summed E-state index contributed by atoms with van der Waals surface area (Å²) in [5, 5.41) is 26.4. The molecule has 1 aromatic carbocycles. The number of aliphatic hydroxyl groups is 2. The largest absolute Gasteiger partial charge is 0.387 e. The average molecular weight is 548 g/mol. The van der Waals surface area contributed by atoms with E-state index in [2.05, 4.69) is 46.4 Å². The Bertz CT molecular complexity index is 1390. The predicted molar refractivity (Wildman–Crippen MR) is 141 cm³/mol.